The molecule has 27 heavy (non-hydrogen) atoms. The van der Waals surface area contributed by atoms with Crippen LogP contribution in [0.25, 0.3) is 0 Å². The number of rotatable bonds is 7. The normalized spacial score (nSPS) is 14.4. The molecule has 1 aliphatic rings. The molecule has 0 atom stereocenters. The van der Waals surface area contributed by atoms with E-state index in [4.69, 9.17) is 21.1 Å². The number of carbonyl (C=O) groups is 1. The number of ketones is 1. The van der Waals surface area contributed by atoms with Gasteiger partial charge in [0.05, 0.1) is 31.5 Å². The summed E-state index contributed by atoms with van der Waals surface area (Å²) in [4.78, 5) is 12.9. The summed E-state index contributed by atoms with van der Waals surface area (Å²) in [6.07, 6.45) is 4.93. The van der Waals surface area contributed by atoms with Crippen LogP contribution in [0.1, 0.15) is 53.5 Å². The first-order valence-corrected chi connectivity index (χ1v) is 9.71. The van der Waals surface area contributed by atoms with E-state index in [2.05, 4.69) is 16.8 Å². The second-order valence-electron chi connectivity index (χ2n) is 7.06. The Morgan fingerprint density at radius 3 is 2.44 bits per heavy atom. The van der Waals surface area contributed by atoms with E-state index >= 15 is 0 Å². The minimum atomic E-state index is 0.0586. The Morgan fingerprint density at radius 2 is 1.81 bits per heavy atom. The molecule has 0 spiro atoms. The predicted octanol–water partition coefficient (Wildman–Crippen LogP) is 5.19. The minimum Gasteiger partial charge on any atom is -0.495 e. The van der Waals surface area contributed by atoms with E-state index in [0.717, 1.165) is 17.0 Å². The number of hydrogen-bond donors (Lipinski definition) is 1. The molecule has 1 saturated carbocycles. The van der Waals surface area contributed by atoms with Crippen LogP contribution in [0.4, 0.5) is 5.69 Å². The van der Waals surface area contributed by atoms with Crippen molar-refractivity contribution in [2.75, 3.05) is 26.1 Å². The topological polar surface area (TPSA) is 52.5 Å². The molecule has 146 valence electrons. The number of ether oxygens (including phenoxy) is 2. The van der Waals surface area contributed by atoms with Crippen LogP contribution in [0.3, 0.4) is 0 Å². The first-order valence-electron chi connectivity index (χ1n) is 9.33. The quantitative estimate of drug-likeness (QED) is 0.661. The van der Waals surface area contributed by atoms with E-state index < -0.39 is 0 Å². The Morgan fingerprint density at radius 1 is 1.15 bits per heavy atom. The smallest absolute Gasteiger partial charge is 0.183 e. The number of carbonyl (C=O) groups excluding carboxylic acids is 1. The monoisotopic (exact) mass is 390 g/mol. The Kier molecular flexibility index (Phi) is 6.00. The molecule has 0 aliphatic heterocycles. The van der Waals surface area contributed by atoms with Crippen LogP contribution in [0.2, 0.25) is 5.02 Å². The third kappa shape index (κ3) is 3.93. The lowest BCUT2D eigenvalue weighted by molar-refractivity contribution is 0.101. The molecule has 1 aliphatic carbocycles. The number of aromatic nitrogens is 1. The summed E-state index contributed by atoms with van der Waals surface area (Å²) >= 11 is 6.14. The number of anilines is 1. The zero-order chi connectivity index (χ0) is 19.6. The lowest BCUT2D eigenvalue weighted by atomic mass is 10.1. The summed E-state index contributed by atoms with van der Waals surface area (Å²) in [5, 5.41) is 3.63. The van der Waals surface area contributed by atoms with Gasteiger partial charge in [0, 0.05) is 35.1 Å². The molecule has 2 aromatic rings. The molecule has 0 unspecified atom stereocenters. The number of methoxy groups -OCH3 is 2. The third-order valence-electron chi connectivity index (χ3n) is 5.39. The fraction of sp³-hybridized carbons (Fsp3) is 0.476. The summed E-state index contributed by atoms with van der Waals surface area (Å²) in [6, 6.07) is 5.97. The molecule has 0 radical (unpaired) electrons. The number of nitrogens with zero attached hydrogens (tertiary/aromatic N) is 1. The molecule has 1 aromatic carbocycles. The summed E-state index contributed by atoms with van der Waals surface area (Å²) < 4.78 is 13.0. The standard InChI is InChI=1S/C21H27ClN2O3/c1-13-9-16(14(2)24(13)15-7-5-6-8-15)19(25)12-23-18-11-20(26-3)17(22)10-21(18)27-4/h9-11,15,23H,5-8,12H2,1-4H3. The molecular formula is C21H27ClN2O3. The van der Waals surface area contributed by atoms with E-state index in [1.807, 2.05) is 13.0 Å². The molecule has 5 nitrogen and oxygen atoms in total. The summed E-state index contributed by atoms with van der Waals surface area (Å²) in [5.74, 6) is 1.17. The van der Waals surface area contributed by atoms with Gasteiger partial charge in [0.15, 0.2) is 5.78 Å². The number of halogens is 1. The highest BCUT2D eigenvalue weighted by atomic mass is 35.5. The lowest BCUT2D eigenvalue weighted by Crippen LogP contribution is -2.16. The van der Waals surface area contributed by atoms with Gasteiger partial charge in [-0.15, -0.1) is 0 Å². The van der Waals surface area contributed by atoms with E-state index in [1.54, 1.807) is 26.4 Å². The number of hydrogen-bond acceptors (Lipinski definition) is 4. The van der Waals surface area contributed by atoms with Gasteiger partial charge in [-0.25, -0.2) is 0 Å². The molecule has 1 N–H and O–H groups in total. The molecule has 0 saturated heterocycles. The summed E-state index contributed by atoms with van der Waals surface area (Å²) in [7, 11) is 3.13. The van der Waals surface area contributed by atoms with Crippen molar-refractivity contribution < 1.29 is 14.3 Å². The van der Waals surface area contributed by atoms with Crippen LogP contribution in [0, 0.1) is 13.8 Å². The van der Waals surface area contributed by atoms with Crippen molar-refractivity contribution in [2.24, 2.45) is 0 Å². The molecule has 6 heteroatoms. The van der Waals surface area contributed by atoms with E-state index in [-0.39, 0.29) is 12.3 Å². The van der Waals surface area contributed by atoms with Gasteiger partial charge < -0.3 is 19.4 Å². The number of Topliss-reactive ketones (excluding diaryl/α,β-unsaturated/α-hetero) is 1. The average Bonchev–Trinajstić information content (AvgIpc) is 3.27. The molecule has 1 heterocycles. The molecular weight excluding hydrogens is 364 g/mol. The van der Waals surface area contributed by atoms with Crippen molar-refractivity contribution in [3.05, 3.63) is 40.2 Å². The maximum absolute atomic E-state index is 12.9. The van der Waals surface area contributed by atoms with Crippen molar-refractivity contribution in [3.8, 4) is 11.5 Å². The fourth-order valence-corrected chi connectivity index (χ4v) is 4.28. The number of aryl methyl sites for hydroxylation is 1. The highest BCUT2D eigenvalue weighted by Gasteiger charge is 2.23. The Hall–Kier alpha value is -2.14. The van der Waals surface area contributed by atoms with Gasteiger partial charge in [-0.05, 0) is 32.8 Å². The molecule has 0 bridgehead atoms. The maximum Gasteiger partial charge on any atom is 0.183 e. The highest BCUT2D eigenvalue weighted by molar-refractivity contribution is 6.32. The molecule has 0 amide bonds. The SMILES string of the molecule is COc1cc(NCC(=O)c2cc(C)n(C3CCCC3)c2C)c(OC)cc1Cl. The summed E-state index contributed by atoms with van der Waals surface area (Å²) in [6.45, 7) is 4.31. The van der Waals surface area contributed by atoms with Crippen LogP contribution in [-0.2, 0) is 0 Å². The fourth-order valence-electron chi connectivity index (χ4n) is 4.05. The van der Waals surface area contributed by atoms with Crippen LogP contribution < -0.4 is 14.8 Å². The predicted molar refractivity (Wildman–Crippen MR) is 109 cm³/mol. The van der Waals surface area contributed by atoms with E-state index in [0.29, 0.717) is 28.3 Å². The van der Waals surface area contributed by atoms with E-state index in [1.165, 1.54) is 25.7 Å². The molecule has 3 rings (SSSR count). The maximum atomic E-state index is 12.9. The second kappa shape index (κ2) is 8.26. The second-order valence-corrected chi connectivity index (χ2v) is 7.46. The zero-order valence-corrected chi connectivity index (χ0v) is 17.2. The Balaban J connectivity index is 1.78. The number of benzene rings is 1. The van der Waals surface area contributed by atoms with Crippen LogP contribution in [-0.4, -0.2) is 31.1 Å². The van der Waals surface area contributed by atoms with Crippen LogP contribution in [0.5, 0.6) is 11.5 Å². The zero-order valence-electron chi connectivity index (χ0n) is 16.4. The van der Waals surface area contributed by atoms with Crippen molar-refractivity contribution in [1.82, 2.24) is 4.57 Å². The van der Waals surface area contributed by atoms with Crippen LogP contribution in [0.15, 0.2) is 18.2 Å². The first-order chi connectivity index (χ1) is 13.0. The van der Waals surface area contributed by atoms with Gasteiger partial charge in [-0.1, -0.05) is 24.4 Å². The van der Waals surface area contributed by atoms with Gasteiger partial charge in [0.1, 0.15) is 11.5 Å². The highest BCUT2D eigenvalue weighted by Crippen LogP contribution is 2.36. The lowest BCUT2D eigenvalue weighted by Gasteiger charge is -2.17. The third-order valence-corrected chi connectivity index (χ3v) is 5.68. The van der Waals surface area contributed by atoms with Gasteiger partial charge in [-0.3, -0.25) is 4.79 Å². The van der Waals surface area contributed by atoms with Gasteiger partial charge >= 0.3 is 0 Å². The largest absolute Gasteiger partial charge is 0.495 e. The Labute approximate surface area is 165 Å². The van der Waals surface area contributed by atoms with E-state index in [9.17, 15) is 4.79 Å². The van der Waals surface area contributed by atoms with Crippen molar-refractivity contribution in [3.63, 3.8) is 0 Å². The minimum absolute atomic E-state index is 0.0586. The molecule has 1 fully saturated rings. The van der Waals surface area contributed by atoms with Gasteiger partial charge in [0.25, 0.3) is 0 Å². The van der Waals surface area contributed by atoms with Crippen molar-refractivity contribution >= 4 is 23.1 Å². The first kappa shape index (κ1) is 19.6. The average molecular weight is 391 g/mol. The molecule has 1 aromatic heterocycles. The Bertz CT molecular complexity index is 838. The van der Waals surface area contributed by atoms with Crippen molar-refractivity contribution in [1.29, 1.82) is 0 Å². The summed E-state index contributed by atoms with van der Waals surface area (Å²) in [5.41, 5.74) is 3.68. The van der Waals surface area contributed by atoms with Gasteiger partial charge in [-0.2, -0.15) is 0 Å². The van der Waals surface area contributed by atoms with Crippen molar-refractivity contribution in [2.45, 2.75) is 45.6 Å². The van der Waals surface area contributed by atoms with Gasteiger partial charge in [0.2, 0.25) is 0 Å². The van der Waals surface area contributed by atoms with Crippen LogP contribution >= 0.6 is 11.6 Å². The number of nitrogens with one attached hydrogen (secondary N) is 1.